The van der Waals surface area contributed by atoms with E-state index in [4.69, 9.17) is 18.0 Å². The van der Waals surface area contributed by atoms with Crippen LogP contribution in [0.4, 0.5) is 5.82 Å². The highest BCUT2D eigenvalue weighted by atomic mass is 35.5. The minimum absolute atomic E-state index is 0.0251. The highest BCUT2D eigenvalue weighted by Gasteiger charge is 2.31. The van der Waals surface area contributed by atoms with Crippen LogP contribution in [-0.4, -0.2) is 22.4 Å². The molecule has 1 saturated heterocycles. The van der Waals surface area contributed by atoms with E-state index in [1.54, 1.807) is 4.90 Å². The van der Waals surface area contributed by atoms with Crippen LogP contribution in [0.3, 0.4) is 0 Å². The molecule has 0 spiro atoms. The van der Waals surface area contributed by atoms with Crippen molar-refractivity contribution in [3.05, 3.63) is 29.5 Å². The van der Waals surface area contributed by atoms with Gasteiger partial charge in [0.25, 0.3) is 0 Å². The number of aromatic nitrogens is 2. The maximum atomic E-state index is 12.0. The Kier molecular flexibility index (Phi) is 2.84. The number of hydrogen-bond donors (Lipinski definition) is 0. The van der Waals surface area contributed by atoms with E-state index in [0.29, 0.717) is 18.8 Å². The zero-order chi connectivity index (χ0) is 13.4. The summed E-state index contributed by atoms with van der Waals surface area (Å²) in [6, 6.07) is 7.46. The monoisotopic (exact) mass is 271 g/mol. The van der Waals surface area contributed by atoms with Crippen molar-refractivity contribution in [2.75, 3.05) is 11.4 Å². The van der Waals surface area contributed by atoms with Crippen LogP contribution in [0.1, 0.15) is 6.42 Å². The first-order valence-electron chi connectivity index (χ1n) is 5.88. The molecule has 5 heteroatoms. The fourth-order valence-corrected chi connectivity index (χ4v) is 2.43. The topological polar surface area (TPSA) is 46.1 Å². The predicted octanol–water partition coefficient (Wildman–Crippen LogP) is 2.27. The van der Waals surface area contributed by atoms with Gasteiger partial charge in [0, 0.05) is 24.3 Å². The lowest BCUT2D eigenvalue weighted by Crippen LogP contribution is -2.25. The van der Waals surface area contributed by atoms with Gasteiger partial charge in [-0.05, 0) is 23.7 Å². The number of amides is 1. The molecule has 0 N–H and O–H groups in total. The number of halogens is 1. The molecular weight excluding hydrogens is 262 g/mol. The molecule has 19 heavy (non-hydrogen) atoms. The number of rotatable bonds is 1. The molecule has 1 unspecified atom stereocenters. The van der Waals surface area contributed by atoms with Crippen molar-refractivity contribution in [2.24, 2.45) is 5.92 Å². The Morgan fingerprint density at radius 1 is 1.37 bits per heavy atom. The molecule has 94 valence electrons. The van der Waals surface area contributed by atoms with Gasteiger partial charge in [-0.15, -0.1) is 12.3 Å². The first-order valence-corrected chi connectivity index (χ1v) is 6.25. The van der Waals surface area contributed by atoms with Gasteiger partial charge in [0.1, 0.15) is 5.82 Å². The second-order valence-electron chi connectivity index (χ2n) is 4.41. The molecule has 1 fully saturated rings. The number of anilines is 1. The van der Waals surface area contributed by atoms with Crippen LogP contribution in [0.25, 0.3) is 10.9 Å². The predicted molar refractivity (Wildman–Crippen MR) is 73.8 cm³/mol. The average molecular weight is 272 g/mol. The number of nitrogens with zero attached hydrogens (tertiary/aromatic N) is 3. The second kappa shape index (κ2) is 4.52. The van der Waals surface area contributed by atoms with Crippen molar-refractivity contribution in [1.29, 1.82) is 0 Å². The van der Waals surface area contributed by atoms with Crippen molar-refractivity contribution in [2.45, 2.75) is 6.42 Å². The fraction of sp³-hybridized carbons (Fsp3) is 0.214. The van der Waals surface area contributed by atoms with E-state index in [0.717, 1.165) is 10.9 Å². The largest absolute Gasteiger partial charge is 0.295 e. The minimum atomic E-state index is -0.0694. The molecule has 1 amide bonds. The Balaban J connectivity index is 2.15. The summed E-state index contributed by atoms with van der Waals surface area (Å²) in [6.45, 7) is 0.479. The quantitative estimate of drug-likeness (QED) is 0.590. The van der Waals surface area contributed by atoms with Gasteiger partial charge in [-0.2, -0.15) is 4.98 Å². The Morgan fingerprint density at radius 3 is 2.89 bits per heavy atom. The van der Waals surface area contributed by atoms with Crippen LogP contribution in [0.2, 0.25) is 5.28 Å². The maximum absolute atomic E-state index is 12.0. The first-order chi connectivity index (χ1) is 9.19. The van der Waals surface area contributed by atoms with Crippen molar-refractivity contribution < 1.29 is 4.79 Å². The van der Waals surface area contributed by atoms with Gasteiger partial charge in [-0.1, -0.05) is 12.1 Å². The molecule has 1 aromatic heterocycles. The second-order valence-corrected chi connectivity index (χ2v) is 4.74. The number of fused-ring (bicyclic) bond motifs is 1. The van der Waals surface area contributed by atoms with E-state index in [2.05, 4.69) is 15.9 Å². The SMILES string of the molecule is C#CC1CC(=O)N(c2nc(Cl)nc3ccccc23)C1. The van der Waals surface area contributed by atoms with Gasteiger partial charge >= 0.3 is 0 Å². The fourth-order valence-electron chi connectivity index (χ4n) is 2.26. The van der Waals surface area contributed by atoms with Gasteiger partial charge in [0.15, 0.2) is 0 Å². The Morgan fingerprint density at radius 2 is 2.16 bits per heavy atom. The molecular formula is C14H10ClN3O. The molecule has 1 aliphatic rings. The molecule has 0 bridgehead atoms. The number of carbonyl (C=O) groups is 1. The van der Waals surface area contributed by atoms with Crippen LogP contribution >= 0.6 is 11.6 Å². The first kappa shape index (κ1) is 11.9. The van der Waals surface area contributed by atoms with Gasteiger partial charge in [0.05, 0.1) is 5.52 Å². The summed E-state index contributed by atoms with van der Waals surface area (Å²) < 4.78 is 0. The third kappa shape index (κ3) is 2.02. The van der Waals surface area contributed by atoms with E-state index in [-0.39, 0.29) is 17.1 Å². The smallest absolute Gasteiger partial charge is 0.229 e. The molecule has 2 aromatic rings. The van der Waals surface area contributed by atoms with Crippen molar-refractivity contribution in [1.82, 2.24) is 9.97 Å². The standard InChI is InChI=1S/C14H10ClN3O/c1-2-9-7-12(19)18(8-9)13-10-5-3-4-6-11(10)16-14(15)17-13/h1,3-6,9H,7-8H2. The summed E-state index contributed by atoms with van der Waals surface area (Å²) in [5.41, 5.74) is 0.717. The number of hydrogen-bond acceptors (Lipinski definition) is 3. The summed E-state index contributed by atoms with van der Waals surface area (Å²) in [7, 11) is 0. The number of carbonyl (C=O) groups excluding carboxylic acids is 1. The number of para-hydroxylation sites is 1. The van der Waals surface area contributed by atoms with Gasteiger partial charge in [0.2, 0.25) is 11.2 Å². The average Bonchev–Trinajstić information content (AvgIpc) is 2.79. The highest BCUT2D eigenvalue weighted by Crippen LogP contribution is 2.30. The van der Waals surface area contributed by atoms with Crippen molar-refractivity contribution in [3.8, 4) is 12.3 Å². The van der Waals surface area contributed by atoms with E-state index in [1.165, 1.54) is 0 Å². The lowest BCUT2D eigenvalue weighted by atomic mass is 10.1. The Hall–Kier alpha value is -2.12. The van der Waals surface area contributed by atoms with Crippen LogP contribution in [-0.2, 0) is 4.79 Å². The molecule has 1 atom stereocenters. The summed E-state index contributed by atoms with van der Waals surface area (Å²) >= 11 is 5.92. The maximum Gasteiger partial charge on any atom is 0.229 e. The Bertz CT molecular complexity index is 707. The van der Waals surface area contributed by atoms with E-state index in [9.17, 15) is 4.79 Å². The summed E-state index contributed by atoms with van der Waals surface area (Å²) in [5.74, 6) is 3.06. The van der Waals surface area contributed by atoms with Crippen LogP contribution in [0.15, 0.2) is 24.3 Å². The summed E-state index contributed by atoms with van der Waals surface area (Å²) in [5, 5.41) is 0.934. The molecule has 1 aromatic carbocycles. The van der Waals surface area contributed by atoms with Crippen molar-refractivity contribution in [3.63, 3.8) is 0 Å². The van der Waals surface area contributed by atoms with Crippen LogP contribution in [0, 0.1) is 18.3 Å². The Labute approximate surface area is 115 Å². The molecule has 0 saturated carbocycles. The van der Waals surface area contributed by atoms with E-state index in [1.807, 2.05) is 24.3 Å². The lowest BCUT2D eigenvalue weighted by molar-refractivity contribution is -0.117. The zero-order valence-corrected chi connectivity index (χ0v) is 10.8. The van der Waals surface area contributed by atoms with Gasteiger partial charge in [-0.25, -0.2) is 4.98 Å². The van der Waals surface area contributed by atoms with Crippen molar-refractivity contribution >= 4 is 34.2 Å². The van der Waals surface area contributed by atoms with E-state index >= 15 is 0 Å². The third-order valence-corrected chi connectivity index (χ3v) is 3.34. The highest BCUT2D eigenvalue weighted by molar-refractivity contribution is 6.29. The third-order valence-electron chi connectivity index (χ3n) is 3.17. The molecule has 0 radical (unpaired) electrons. The number of benzene rings is 1. The molecule has 0 aliphatic carbocycles. The van der Waals surface area contributed by atoms with E-state index < -0.39 is 0 Å². The summed E-state index contributed by atoms with van der Waals surface area (Å²) in [4.78, 5) is 22.0. The molecule has 2 heterocycles. The van der Waals surface area contributed by atoms with Gasteiger partial charge in [-0.3, -0.25) is 9.69 Å². The number of terminal acetylenes is 1. The normalized spacial score (nSPS) is 18.8. The molecule has 4 nitrogen and oxygen atoms in total. The zero-order valence-electron chi connectivity index (χ0n) is 10.0. The van der Waals surface area contributed by atoms with Gasteiger partial charge < -0.3 is 0 Å². The minimum Gasteiger partial charge on any atom is -0.295 e. The molecule has 3 rings (SSSR count). The summed E-state index contributed by atoms with van der Waals surface area (Å²) in [6.07, 6.45) is 5.74. The van der Waals surface area contributed by atoms with Crippen LogP contribution < -0.4 is 4.90 Å². The van der Waals surface area contributed by atoms with Crippen LogP contribution in [0.5, 0.6) is 0 Å². The molecule has 1 aliphatic heterocycles. The lowest BCUT2D eigenvalue weighted by Gasteiger charge is -2.16.